The van der Waals surface area contributed by atoms with Gasteiger partial charge >= 0.3 is 0 Å². The van der Waals surface area contributed by atoms with E-state index in [2.05, 4.69) is 25.3 Å². The molecule has 3 aromatic rings. The van der Waals surface area contributed by atoms with E-state index in [1.54, 1.807) is 0 Å². The molecular formula is C16H16N4O. The largest absolute Gasteiger partial charge is 0.368 e. The molecule has 4 rings (SSSR count). The van der Waals surface area contributed by atoms with Gasteiger partial charge in [-0.3, -0.25) is 4.98 Å². The summed E-state index contributed by atoms with van der Waals surface area (Å²) in [5.74, 6) is 1.01. The number of pyridine rings is 1. The highest BCUT2D eigenvalue weighted by Gasteiger charge is 2.24. The molecular weight excluding hydrogens is 264 g/mol. The lowest BCUT2D eigenvalue weighted by molar-refractivity contribution is 0.0368. The van der Waals surface area contributed by atoms with Crippen molar-refractivity contribution in [3.63, 3.8) is 0 Å². The smallest absolute Gasteiger partial charge is 0.153 e. The number of ether oxygens (including phenoxy) is 1. The van der Waals surface area contributed by atoms with Crippen molar-refractivity contribution in [1.82, 2.24) is 14.4 Å². The Balaban J connectivity index is 1.65. The van der Waals surface area contributed by atoms with Crippen LogP contribution in [-0.4, -0.2) is 34.1 Å². The highest BCUT2D eigenvalue weighted by Crippen LogP contribution is 2.26. The van der Waals surface area contributed by atoms with E-state index >= 15 is 0 Å². The first-order valence-electron chi connectivity index (χ1n) is 7.11. The van der Waals surface area contributed by atoms with E-state index in [0.29, 0.717) is 6.61 Å². The predicted octanol–water partition coefficient (Wildman–Crippen LogP) is 2.31. The highest BCUT2D eigenvalue weighted by atomic mass is 16.5. The second-order valence-electron chi connectivity index (χ2n) is 5.11. The van der Waals surface area contributed by atoms with Crippen LogP contribution in [0.4, 0.5) is 5.82 Å². The Labute approximate surface area is 122 Å². The molecule has 1 saturated heterocycles. The van der Waals surface area contributed by atoms with Crippen molar-refractivity contribution in [1.29, 1.82) is 0 Å². The van der Waals surface area contributed by atoms with E-state index < -0.39 is 0 Å². The summed E-state index contributed by atoms with van der Waals surface area (Å²) in [6.07, 6.45) is 7.65. The van der Waals surface area contributed by atoms with E-state index in [-0.39, 0.29) is 6.10 Å². The quantitative estimate of drug-likeness (QED) is 0.722. The van der Waals surface area contributed by atoms with Gasteiger partial charge in [-0.05, 0) is 24.3 Å². The lowest BCUT2D eigenvalue weighted by Crippen LogP contribution is -2.39. The lowest BCUT2D eigenvalue weighted by Gasteiger charge is -2.33. The first-order chi connectivity index (χ1) is 10.4. The third-order valence-electron chi connectivity index (χ3n) is 3.82. The van der Waals surface area contributed by atoms with Gasteiger partial charge in [0, 0.05) is 31.3 Å². The van der Waals surface area contributed by atoms with Gasteiger partial charge in [-0.2, -0.15) is 0 Å². The number of aromatic nitrogens is 3. The number of morpholine rings is 1. The van der Waals surface area contributed by atoms with E-state index in [1.165, 1.54) is 0 Å². The summed E-state index contributed by atoms with van der Waals surface area (Å²) in [5, 5.41) is 0. The van der Waals surface area contributed by atoms with Crippen molar-refractivity contribution in [3.05, 3.63) is 60.8 Å². The van der Waals surface area contributed by atoms with Crippen LogP contribution in [0.5, 0.6) is 0 Å². The maximum atomic E-state index is 5.87. The minimum atomic E-state index is -0.00281. The fraction of sp³-hybridized carbons (Fsp3) is 0.250. The van der Waals surface area contributed by atoms with Gasteiger partial charge in [0.2, 0.25) is 0 Å². The van der Waals surface area contributed by atoms with Crippen LogP contribution in [0.25, 0.3) is 5.52 Å². The summed E-state index contributed by atoms with van der Waals surface area (Å²) in [6, 6.07) is 10.1. The molecule has 0 aliphatic carbocycles. The Morgan fingerprint density at radius 3 is 2.95 bits per heavy atom. The SMILES string of the molecule is c1ccc([C@H]2CN(c3nccn4cccc34)CCO2)nc1. The number of nitrogens with zero attached hydrogens (tertiary/aromatic N) is 4. The number of anilines is 1. The van der Waals surface area contributed by atoms with Gasteiger partial charge < -0.3 is 14.0 Å². The zero-order valence-corrected chi connectivity index (χ0v) is 11.6. The van der Waals surface area contributed by atoms with Crippen LogP contribution in [0.15, 0.2) is 55.1 Å². The number of hydrogen-bond donors (Lipinski definition) is 0. The number of fused-ring (bicyclic) bond motifs is 1. The Kier molecular flexibility index (Phi) is 3.05. The average molecular weight is 280 g/mol. The molecule has 1 fully saturated rings. The van der Waals surface area contributed by atoms with E-state index in [1.807, 2.05) is 49.1 Å². The molecule has 0 aromatic carbocycles. The molecule has 4 heterocycles. The minimum Gasteiger partial charge on any atom is -0.368 e. The van der Waals surface area contributed by atoms with Crippen LogP contribution >= 0.6 is 0 Å². The van der Waals surface area contributed by atoms with Gasteiger partial charge in [0.1, 0.15) is 6.10 Å². The molecule has 0 spiro atoms. The maximum absolute atomic E-state index is 5.87. The molecule has 106 valence electrons. The molecule has 5 nitrogen and oxygen atoms in total. The third kappa shape index (κ3) is 2.25. The Morgan fingerprint density at radius 1 is 1.05 bits per heavy atom. The lowest BCUT2D eigenvalue weighted by atomic mass is 10.2. The molecule has 1 aliphatic heterocycles. The van der Waals surface area contributed by atoms with Gasteiger partial charge in [0.15, 0.2) is 5.82 Å². The first-order valence-corrected chi connectivity index (χ1v) is 7.11. The van der Waals surface area contributed by atoms with Gasteiger partial charge in [-0.25, -0.2) is 4.98 Å². The fourth-order valence-corrected chi connectivity index (χ4v) is 2.79. The van der Waals surface area contributed by atoms with Crippen molar-refractivity contribution in [2.24, 2.45) is 0 Å². The van der Waals surface area contributed by atoms with Gasteiger partial charge in [-0.1, -0.05) is 6.07 Å². The van der Waals surface area contributed by atoms with Crippen LogP contribution in [-0.2, 0) is 4.74 Å². The molecule has 0 saturated carbocycles. The Hall–Kier alpha value is -2.40. The normalized spacial score (nSPS) is 19.0. The summed E-state index contributed by atoms with van der Waals surface area (Å²) in [6.45, 7) is 2.31. The predicted molar refractivity (Wildman–Crippen MR) is 80.3 cm³/mol. The van der Waals surface area contributed by atoms with Crippen molar-refractivity contribution < 1.29 is 4.74 Å². The molecule has 0 bridgehead atoms. The van der Waals surface area contributed by atoms with Crippen LogP contribution in [0.3, 0.4) is 0 Å². The number of hydrogen-bond acceptors (Lipinski definition) is 4. The Morgan fingerprint density at radius 2 is 2.05 bits per heavy atom. The molecule has 1 aliphatic rings. The summed E-state index contributed by atoms with van der Waals surface area (Å²) in [4.78, 5) is 11.2. The summed E-state index contributed by atoms with van der Waals surface area (Å²) < 4.78 is 7.96. The second kappa shape index (κ2) is 5.18. The molecule has 21 heavy (non-hydrogen) atoms. The van der Waals surface area contributed by atoms with Crippen molar-refractivity contribution in [2.75, 3.05) is 24.6 Å². The van der Waals surface area contributed by atoms with Crippen LogP contribution < -0.4 is 4.90 Å². The average Bonchev–Trinajstić information content (AvgIpc) is 3.04. The Bertz CT molecular complexity index is 740. The standard InChI is InChI=1S/C16H16N4O/c1-2-6-17-13(4-1)15-12-20(10-11-21-15)16-14-5-3-8-19(14)9-7-18-16/h1-9,15H,10-12H2/t15-/m1/s1. The molecule has 5 heteroatoms. The molecule has 0 unspecified atom stereocenters. The van der Waals surface area contributed by atoms with E-state index in [9.17, 15) is 0 Å². The van der Waals surface area contributed by atoms with Crippen molar-refractivity contribution in [3.8, 4) is 0 Å². The van der Waals surface area contributed by atoms with Crippen molar-refractivity contribution >= 4 is 11.3 Å². The topological polar surface area (TPSA) is 42.7 Å². The maximum Gasteiger partial charge on any atom is 0.153 e. The summed E-state index contributed by atoms with van der Waals surface area (Å²) in [5.41, 5.74) is 2.10. The van der Waals surface area contributed by atoms with Gasteiger partial charge in [0.25, 0.3) is 0 Å². The first kappa shape index (κ1) is 12.3. The zero-order chi connectivity index (χ0) is 14.1. The highest BCUT2D eigenvalue weighted by molar-refractivity contribution is 5.69. The summed E-state index contributed by atoms with van der Waals surface area (Å²) in [7, 11) is 0. The molecule has 3 aromatic heterocycles. The van der Waals surface area contributed by atoms with Crippen LogP contribution in [0.1, 0.15) is 11.8 Å². The zero-order valence-electron chi connectivity index (χ0n) is 11.6. The number of rotatable bonds is 2. The summed E-state index contributed by atoms with van der Waals surface area (Å²) >= 11 is 0. The molecule has 0 radical (unpaired) electrons. The molecule has 1 atom stereocenters. The fourth-order valence-electron chi connectivity index (χ4n) is 2.79. The second-order valence-corrected chi connectivity index (χ2v) is 5.11. The molecule has 0 amide bonds. The van der Waals surface area contributed by atoms with E-state index in [0.717, 1.165) is 30.1 Å². The van der Waals surface area contributed by atoms with Crippen molar-refractivity contribution in [2.45, 2.75) is 6.10 Å². The van der Waals surface area contributed by atoms with Gasteiger partial charge in [0.05, 0.1) is 24.4 Å². The monoisotopic (exact) mass is 280 g/mol. The van der Waals surface area contributed by atoms with Crippen LogP contribution in [0, 0.1) is 0 Å². The molecule has 0 N–H and O–H groups in total. The van der Waals surface area contributed by atoms with Crippen LogP contribution in [0.2, 0.25) is 0 Å². The minimum absolute atomic E-state index is 0.00281. The third-order valence-corrected chi connectivity index (χ3v) is 3.82. The van der Waals surface area contributed by atoms with Gasteiger partial charge in [-0.15, -0.1) is 0 Å². The van der Waals surface area contributed by atoms with E-state index in [4.69, 9.17) is 4.74 Å².